The van der Waals surface area contributed by atoms with Crippen LogP contribution in [0.1, 0.15) is 71.6 Å². The highest BCUT2D eigenvalue weighted by Crippen LogP contribution is 2.64. The first-order valence-electron chi connectivity index (χ1n) is 8.86. The van der Waals surface area contributed by atoms with E-state index in [0.717, 1.165) is 37.0 Å². The second-order valence-corrected chi connectivity index (χ2v) is 8.68. The minimum atomic E-state index is -0.564. The third kappa shape index (κ3) is 1.70. The van der Waals surface area contributed by atoms with E-state index in [9.17, 15) is 4.39 Å². The molecule has 4 aliphatic rings. The Bertz CT molecular complexity index is 439. The lowest BCUT2D eigenvalue weighted by Crippen LogP contribution is -2.49. The predicted octanol–water partition coefficient (Wildman–Crippen LogP) is 5.68. The highest BCUT2D eigenvalue weighted by atomic mass is 19.1. The number of rotatable bonds is 0. The van der Waals surface area contributed by atoms with E-state index < -0.39 is 6.17 Å². The summed E-state index contributed by atoms with van der Waals surface area (Å²) in [6, 6.07) is 0. The van der Waals surface area contributed by atoms with Crippen molar-refractivity contribution in [2.24, 2.45) is 28.6 Å². The van der Waals surface area contributed by atoms with Gasteiger partial charge >= 0.3 is 0 Å². The lowest BCUT2D eigenvalue weighted by molar-refractivity contribution is -0.0303. The molecule has 3 fully saturated rings. The third-order valence-corrected chi connectivity index (χ3v) is 7.82. The third-order valence-electron chi connectivity index (χ3n) is 7.82. The first kappa shape index (κ1) is 13.3. The quantitative estimate of drug-likeness (QED) is 0.499. The molecule has 0 aliphatic heterocycles. The van der Waals surface area contributed by atoms with Crippen molar-refractivity contribution in [1.29, 1.82) is 0 Å². The van der Waals surface area contributed by atoms with Crippen molar-refractivity contribution in [2.45, 2.75) is 77.8 Å². The van der Waals surface area contributed by atoms with Gasteiger partial charge < -0.3 is 0 Å². The summed E-state index contributed by atoms with van der Waals surface area (Å²) in [4.78, 5) is 0. The number of halogens is 1. The fourth-order valence-corrected chi connectivity index (χ4v) is 6.61. The predicted molar refractivity (Wildman–Crippen MR) is 81.2 cm³/mol. The minimum absolute atomic E-state index is 0.343. The summed E-state index contributed by atoms with van der Waals surface area (Å²) < 4.78 is 13.8. The number of allylic oxidation sites excluding steroid dienone is 2. The van der Waals surface area contributed by atoms with Crippen molar-refractivity contribution in [3.05, 3.63) is 11.6 Å². The molecule has 0 bridgehead atoms. The molecule has 20 heavy (non-hydrogen) atoms. The van der Waals surface area contributed by atoms with E-state index in [1.54, 1.807) is 0 Å². The molecule has 0 spiro atoms. The molecule has 0 unspecified atom stereocenters. The number of fused-ring (bicyclic) bond motifs is 5. The van der Waals surface area contributed by atoms with Gasteiger partial charge in [-0.05, 0) is 73.5 Å². The summed E-state index contributed by atoms with van der Waals surface area (Å²) in [5.74, 6) is 2.71. The zero-order valence-electron chi connectivity index (χ0n) is 13.1. The fraction of sp³-hybridized carbons (Fsp3) is 0.895. The van der Waals surface area contributed by atoms with Gasteiger partial charge in [-0.15, -0.1) is 0 Å². The molecule has 0 aromatic heterocycles. The van der Waals surface area contributed by atoms with Gasteiger partial charge in [-0.2, -0.15) is 0 Å². The molecule has 112 valence electrons. The number of hydrogen-bond donors (Lipinski definition) is 0. The van der Waals surface area contributed by atoms with Crippen LogP contribution in [-0.2, 0) is 0 Å². The van der Waals surface area contributed by atoms with Crippen LogP contribution in [0.15, 0.2) is 11.6 Å². The average molecular weight is 276 g/mol. The molecule has 0 amide bonds. The average Bonchev–Trinajstić information content (AvgIpc) is 2.81. The Hall–Kier alpha value is -0.330. The van der Waals surface area contributed by atoms with Crippen LogP contribution in [0, 0.1) is 28.6 Å². The van der Waals surface area contributed by atoms with Crippen LogP contribution in [-0.4, -0.2) is 6.17 Å². The monoisotopic (exact) mass is 276 g/mol. The van der Waals surface area contributed by atoms with Gasteiger partial charge in [0, 0.05) is 6.42 Å². The van der Waals surface area contributed by atoms with Crippen LogP contribution < -0.4 is 0 Å². The van der Waals surface area contributed by atoms with Crippen molar-refractivity contribution in [2.75, 3.05) is 0 Å². The maximum absolute atomic E-state index is 13.8. The van der Waals surface area contributed by atoms with E-state index in [1.165, 1.54) is 44.1 Å². The first-order valence-corrected chi connectivity index (χ1v) is 8.86. The summed E-state index contributed by atoms with van der Waals surface area (Å²) in [7, 11) is 0. The van der Waals surface area contributed by atoms with Gasteiger partial charge in [-0.3, -0.25) is 0 Å². The Kier molecular flexibility index (Phi) is 2.89. The second kappa shape index (κ2) is 4.34. The van der Waals surface area contributed by atoms with E-state index in [4.69, 9.17) is 0 Å². The van der Waals surface area contributed by atoms with Crippen molar-refractivity contribution < 1.29 is 4.39 Å². The Morgan fingerprint density at radius 3 is 2.75 bits per heavy atom. The maximum Gasteiger partial charge on any atom is 0.104 e. The molecule has 0 saturated heterocycles. The normalized spacial score (nSPS) is 54.6. The Morgan fingerprint density at radius 2 is 1.90 bits per heavy atom. The van der Waals surface area contributed by atoms with Crippen LogP contribution in [0.4, 0.5) is 4.39 Å². The van der Waals surface area contributed by atoms with E-state index in [2.05, 4.69) is 19.9 Å². The minimum Gasteiger partial charge on any atom is -0.247 e. The van der Waals surface area contributed by atoms with Gasteiger partial charge in [-0.25, -0.2) is 4.39 Å². The van der Waals surface area contributed by atoms with E-state index in [0.29, 0.717) is 10.8 Å². The number of alkyl halides is 1. The van der Waals surface area contributed by atoms with E-state index in [1.807, 2.05) is 0 Å². The first-order chi connectivity index (χ1) is 9.53. The molecule has 1 heteroatoms. The van der Waals surface area contributed by atoms with Crippen LogP contribution in [0.5, 0.6) is 0 Å². The molecular weight excluding hydrogens is 247 g/mol. The van der Waals surface area contributed by atoms with Crippen molar-refractivity contribution in [3.63, 3.8) is 0 Å². The molecular formula is C19H29F. The molecule has 0 radical (unpaired) electrons. The largest absolute Gasteiger partial charge is 0.247 e. The zero-order chi connectivity index (χ0) is 14.0. The molecule has 0 aromatic carbocycles. The van der Waals surface area contributed by atoms with E-state index >= 15 is 0 Å². The summed E-state index contributed by atoms with van der Waals surface area (Å²) in [6.45, 7) is 5.03. The van der Waals surface area contributed by atoms with Crippen molar-refractivity contribution in [1.82, 2.24) is 0 Å². The van der Waals surface area contributed by atoms with Gasteiger partial charge in [0.25, 0.3) is 0 Å². The topological polar surface area (TPSA) is 0 Å². The lowest BCUT2D eigenvalue weighted by Gasteiger charge is -2.57. The molecule has 4 aliphatic carbocycles. The van der Waals surface area contributed by atoms with Crippen LogP contribution in [0.3, 0.4) is 0 Å². The van der Waals surface area contributed by atoms with Crippen molar-refractivity contribution in [3.8, 4) is 0 Å². The summed E-state index contributed by atoms with van der Waals surface area (Å²) in [5, 5.41) is 0. The summed E-state index contributed by atoms with van der Waals surface area (Å²) in [5.41, 5.74) is 2.47. The van der Waals surface area contributed by atoms with E-state index in [-0.39, 0.29) is 0 Å². The van der Waals surface area contributed by atoms with Gasteiger partial charge in [0.05, 0.1) is 0 Å². The molecule has 0 aromatic rings. The Labute approximate surface area is 123 Å². The van der Waals surface area contributed by atoms with Gasteiger partial charge in [-0.1, -0.05) is 31.9 Å². The lowest BCUT2D eigenvalue weighted by atomic mass is 9.48. The van der Waals surface area contributed by atoms with Crippen LogP contribution in [0.25, 0.3) is 0 Å². The maximum atomic E-state index is 13.8. The number of hydrogen-bond acceptors (Lipinski definition) is 0. The molecule has 0 N–H and O–H groups in total. The standard InChI is InChI=1S/C19H29F/c1-18-9-3-4-16(18)15-6-5-13-12-14(20)7-11-19(13,2)17(15)8-10-18/h5,14-17H,3-4,6-12H2,1-2H3/t14-,15-,16-,17-,18+,19+/m1/s1. The Balaban J connectivity index is 1.68. The fourth-order valence-electron chi connectivity index (χ4n) is 6.61. The molecule has 4 rings (SSSR count). The van der Waals surface area contributed by atoms with Crippen LogP contribution >= 0.6 is 0 Å². The highest BCUT2D eigenvalue weighted by molar-refractivity contribution is 5.25. The zero-order valence-corrected chi connectivity index (χ0v) is 13.1. The van der Waals surface area contributed by atoms with Gasteiger partial charge in [0.15, 0.2) is 0 Å². The molecule has 0 heterocycles. The highest BCUT2D eigenvalue weighted by Gasteiger charge is 2.55. The van der Waals surface area contributed by atoms with Crippen LogP contribution in [0.2, 0.25) is 0 Å². The SMILES string of the molecule is C[C@@]12CCC[C@@H]1[C@H]1CC=C3C[C@H](F)CC[C@]3(C)[C@@H]1CC2. The summed E-state index contributed by atoms with van der Waals surface area (Å²) in [6.07, 6.45) is 13.0. The summed E-state index contributed by atoms with van der Waals surface area (Å²) >= 11 is 0. The molecule has 0 nitrogen and oxygen atoms in total. The smallest absolute Gasteiger partial charge is 0.104 e. The van der Waals surface area contributed by atoms with Gasteiger partial charge in [0.2, 0.25) is 0 Å². The van der Waals surface area contributed by atoms with Crippen molar-refractivity contribution >= 4 is 0 Å². The molecule has 6 atom stereocenters. The van der Waals surface area contributed by atoms with Gasteiger partial charge in [0.1, 0.15) is 6.17 Å². The Morgan fingerprint density at radius 1 is 1.05 bits per heavy atom. The second-order valence-electron chi connectivity index (χ2n) is 8.68. The molecule has 3 saturated carbocycles.